The first-order chi connectivity index (χ1) is 12.9. The van der Waals surface area contributed by atoms with Crippen molar-refractivity contribution in [1.29, 1.82) is 0 Å². The van der Waals surface area contributed by atoms with E-state index in [9.17, 15) is 0 Å². The maximum atomic E-state index is 4.29. The Balaban J connectivity index is 0.000000144. The Labute approximate surface area is 152 Å². The van der Waals surface area contributed by atoms with Crippen molar-refractivity contribution in [3.05, 3.63) is 110 Å². The third-order valence-electron chi connectivity index (χ3n) is 4.27. The molecule has 0 saturated carbocycles. The highest BCUT2D eigenvalue weighted by atomic mass is 14.6. The van der Waals surface area contributed by atoms with Crippen LogP contribution in [-0.2, 0) is 0 Å². The molecule has 0 amide bonds. The van der Waals surface area contributed by atoms with Crippen LogP contribution in [0, 0.1) is 0 Å². The molecule has 2 heteroatoms. The summed E-state index contributed by atoms with van der Waals surface area (Å²) in [7, 11) is 0. The van der Waals surface area contributed by atoms with Gasteiger partial charge in [0.1, 0.15) is 0 Å². The minimum atomic E-state index is 1.06. The molecule has 0 aliphatic rings. The van der Waals surface area contributed by atoms with Crippen molar-refractivity contribution >= 4 is 21.7 Å². The second kappa shape index (κ2) is 7.58. The first kappa shape index (κ1) is 16.0. The summed E-state index contributed by atoms with van der Waals surface area (Å²) in [5.74, 6) is 0. The van der Waals surface area contributed by atoms with E-state index in [2.05, 4.69) is 64.6 Å². The van der Waals surface area contributed by atoms with E-state index in [1.54, 1.807) is 0 Å². The lowest BCUT2D eigenvalue weighted by Crippen LogP contribution is -1.82. The Bertz CT molecular complexity index is 1060. The summed E-state index contributed by atoms with van der Waals surface area (Å²) in [5.41, 5.74) is 3.47. The molecule has 0 atom stereocenters. The van der Waals surface area contributed by atoms with Gasteiger partial charge in [0.25, 0.3) is 0 Å². The number of para-hydroxylation sites is 1. The summed E-state index contributed by atoms with van der Waals surface area (Å²) in [6, 6.07) is 30.8. The van der Waals surface area contributed by atoms with Gasteiger partial charge < -0.3 is 0 Å². The third kappa shape index (κ3) is 3.45. The average Bonchev–Trinajstić information content (AvgIpc) is 2.74. The van der Waals surface area contributed by atoms with Gasteiger partial charge in [-0.3, -0.25) is 9.97 Å². The van der Waals surface area contributed by atoms with Crippen LogP contribution in [0.5, 0.6) is 0 Å². The van der Waals surface area contributed by atoms with Crippen molar-refractivity contribution in [2.75, 3.05) is 0 Å². The lowest BCUT2D eigenvalue weighted by Gasteiger charge is -2.05. The van der Waals surface area contributed by atoms with Gasteiger partial charge in [-0.05, 0) is 23.1 Å². The zero-order valence-corrected chi connectivity index (χ0v) is 14.3. The minimum absolute atomic E-state index is 1.06. The second-order valence-corrected chi connectivity index (χ2v) is 5.97. The molecule has 0 aliphatic carbocycles. The van der Waals surface area contributed by atoms with E-state index < -0.39 is 0 Å². The van der Waals surface area contributed by atoms with Crippen molar-refractivity contribution < 1.29 is 0 Å². The van der Waals surface area contributed by atoms with Crippen LogP contribution in [-0.4, -0.2) is 9.97 Å². The molecule has 0 N–H and O–H groups in total. The van der Waals surface area contributed by atoms with E-state index in [0.717, 1.165) is 5.52 Å². The van der Waals surface area contributed by atoms with Gasteiger partial charge in [0, 0.05) is 34.9 Å². The fraction of sp³-hybridized carbons (Fsp3) is 0. The van der Waals surface area contributed by atoms with E-state index in [4.69, 9.17) is 0 Å². The van der Waals surface area contributed by atoms with Gasteiger partial charge in [-0.1, -0.05) is 78.9 Å². The monoisotopic (exact) mass is 334 g/mol. The first-order valence-electron chi connectivity index (χ1n) is 8.60. The highest BCUT2D eigenvalue weighted by Gasteiger charge is 2.02. The summed E-state index contributed by atoms with van der Waals surface area (Å²) in [5, 5.41) is 3.64. The van der Waals surface area contributed by atoms with Crippen LogP contribution < -0.4 is 0 Å². The summed E-state index contributed by atoms with van der Waals surface area (Å²) < 4.78 is 0. The average molecular weight is 334 g/mol. The molecule has 0 spiro atoms. The van der Waals surface area contributed by atoms with Gasteiger partial charge in [-0.25, -0.2) is 0 Å². The van der Waals surface area contributed by atoms with E-state index in [0.29, 0.717) is 0 Å². The molecule has 5 rings (SSSR count). The third-order valence-corrected chi connectivity index (χ3v) is 4.27. The van der Waals surface area contributed by atoms with Crippen molar-refractivity contribution in [1.82, 2.24) is 9.97 Å². The van der Waals surface area contributed by atoms with Crippen molar-refractivity contribution in [3.63, 3.8) is 0 Å². The Hall–Kier alpha value is -3.52. The van der Waals surface area contributed by atoms with Gasteiger partial charge in [0.2, 0.25) is 0 Å². The minimum Gasteiger partial charge on any atom is -0.263 e. The van der Waals surface area contributed by atoms with Gasteiger partial charge in [-0.2, -0.15) is 0 Å². The van der Waals surface area contributed by atoms with Crippen LogP contribution in [0.4, 0.5) is 0 Å². The van der Waals surface area contributed by atoms with Crippen LogP contribution in [0.3, 0.4) is 0 Å². The molecule has 2 aromatic heterocycles. The highest BCUT2D eigenvalue weighted by Crippen LogP contribution is 2.26. The molecular weight excluding hydrogens is 316 g/mol. The number of rotatable bonds is 1. The van der Waals surface area contributed by atoms with E-state index in [-0.39, 0.29) is 0 Å². The Kier molecular flexibility index (Phi) is 4.66. The van der Waals surface area contributed by atoms with Gasteiger partial charge in [0.05, 0.1) is 5.52 Å². The number of hydrogen-bond acceptors (Lipinski definition) is 2. The molecule has 0 radical (unpaired) electrons. The lowest BCUT2D eigenvalue weighted by molar-refractivity contribution is 1.36. The molecule has 5 aromatic rings. The van der Waals surface area contributed by atoms with Crippen LogP contribution >= 0.6 is 0 Å². The molecule has 2 heterocycles. The standard InChI is InChI=1S/C15H11N.C9H7N/c1-2-6-12(7-3-1)15-11-16-10-13-8-4-5-9-14(13)15;1-2-6-9-8(4-1)5-3-7-10-9/h1-11H;1-7H. The maximum absolute atomic E-state index is 4.29. The van der Waals surface area contributed by atoms with Crippen molar-refractivity contribution in [2.45, 2.75) is 0 Å². The summed E-state index contributed by atoms with van der Waals surface area (Å²) >= 11 is 0. The van der Waals surface area contributed by atoms with Crippen molar-refractivity contribution in [2.24, 2.45) is 0 Å². The van der Waals surface area contributed by atoms with E-state index >= 15 is 0 Å². The summed E-state index contributed by atoms with van der Waals surface area (Å²) in [6.07, 6.45) is 5.64. The number of nitrogens with zero attached hydrogens (tertiary/aromatic N) is 2. The fourth-order valence-corrected chi connectivity index (χ4v) is 2.98. The van der Waals surface area contributed by atoms with Crippen molar-refractivity contribution in [3.8, 4) is 11.1 Å². The molecule has 0 unspecified atom stereocenters. The zero-order valence-electron chi connectivity index (χ0n) is 14.3. The predicted molar refractivity (Wildman–Crippen MR) is 109 cm³/mol. The molecule has 0 saturated heterocycles. The zero-order chi connectivity index (χ0) is 17.6. The molecule has 3 aromatic carbocycles. The first-order valence-corrected chi connectivity index (χ1v) is 8.60. The normalized spacial score (nSPS) is 10.3. The number of fused-ring (bicyclic) bond motifs is 2. The summed E-state index contributed by atoms with van der Waals surface area (Å²) in [4.78, 5) is 8.47. The number of benzene rings is 3. The van der Waals surface area contributed by atoms with Crippen LogP contribution in [0.2, 0.25) is 0 Å². The van der Waals surface area contributed by atoms with Gasteiger partial charge in [0.15, 0.2) is 0 Å². The smallest absolute Gasteiger partial charge is 0.0701 e. The fourth-order valence-electron chi connectivity index (χ4n) is 2.98. The van der Waals surface area contributed by atoms with Crippen LogP contribution in [0.15, 0.2) is 110 Å². The lowest BCUT2D eigenvalue weighted by atomic mass is 10.0. The van der Waals surface area contributed by atoms with Gasteiger partial charge >= 0.3 is 0 Å². The highest BCUT2D eigenvalue weighted by molar-refractivity contribution is 5.95. The van der Waals surface area contributed by atoms with E-state index in [1.807, 2.05) is 55.0 Å². The Morgan fingerprint density at radius 3 is 2.08 bits per heavy atom. The quantitative estimate of drug-likeness (QED) is 0.368. The van der Waals surface area contributed by atoms with E-state index in [1.165, 1.54) is 27.3 Å². The Morgan fingerprint density at radius 1 is 0.538 bits per heavy atom. The number of pyridine rings is 2. The molecule has 0 bridgehead atoms. The van der Waals surface area contributed by atoms with Gasteiger partial charge in [-0.15, -0.1) is 0 Å². The molecule has 26 heavy (non-hydrogen) atoms. The number of hydrogen-bond donors (Lipinski definition) is 0. The maximum Gasteiger partial charge on any atom is 0.0701 e. The molecule has 0 fully saturated rings. The second-order valence-electron chi connectivity index (χ2n) is 5.97. The SMILES string of the molecule is c1ccc(-c2cncc3ccccc23)cc1.c1ccc2ncccc2c1. The van der Waals surface area contributed by atoms with Crippen LogP contribution in [0.25, 0.3) is 32.8 Å². The molecule has 124 valence electrons. The van der Waals surface area contributed by atoms with Crippen LogP contribution in [0.1, 0.15) is 0 Å². The Morgan fingerprint density at radius 2 is 1.23 bits per heavy atom. The molecule has 0 aliphatic heterocycles. The molecule has 2 nitrogen and oxygen atoms in total. The topological polar surface area (TPSA) is 25.8 Å². The molecular formula is C24H18N2. The predicted octanol–water partition coefficient (Wildman–Crippen LogP) is 6.14. The number of aromatic nitrogens is 2. The summed E-state index contributed by atoms with van der Waals surface area (Å²) in [6.45, 7) is 0. The largest absolute Gasteiger partial charge is 0.263 e.